The number of anilines is 1. The van der Waals surface area contributed by atoms with E-state index < -0.39 is 11.9 Å². The molecule has 3 rings (SSSR count). The van der Waals surface area contributed by atoms with E-state index >= 15 is 0 Å². The van der Waals surface area contributed by atoms with Gasteiger partial charge in [-0.3, -0.25) is 4.79 Å². The average molecular weight is 291 g/mol. The summed E-state index contributed by atoms with van der Waals surface area (Å²) in [6.45, 7) is 0.280. The van der Waals surface area contributed by atoms with Gasteiger partial charge in [0.1, 0.15) is 11.9 Å². The maximum Gasteiger partial charge on any atom is 0.248 e. The van der Waals surface area contributed by atoms with Crippen LogP contribution in [-0.4, -0.2) is 5.91 Å². The number of carbonyl (C=O) groups is 1. The summed E-state index contributed by atoms with van der Waals surface area (Å²) in [5, 5.41) is 0.302. The second-order valence-corrected chi connectivity index (χ2v) is 5.10. The zero-order valence-corrected chi connectivity index (χ0v) is 11.3. The monoisotopic (exact) mass is 290 g/mol. The Bertz CT molecular complexity index is 689. The molecular weight excluding hydrogens is 279 g/mol. The standard InChI is InChI=1S/C15H12ClFN2O/c16-12-7-10(17)6-5-9(12)8-19-13-4-2-1-3-11(13)14(18)15(19)20/h1-7,14H,8,18H2. The molecule has 2 aromatic rings. The van der Waals surface area contributed by atoms with Crippen molar-refractivity contribution in [2.75, 3.05) is 4.90 Å². The highest BCUT2D eigenvalue weighted by molar-refractivity contribution is 6.31. The molecule has 0 saturated carbocycles. The molecule has 3 nitrogen and oxygen atoms in total. The Hall–Kier alpha value is -1.91. The van der Waals surface area contributed by atoms with E-state index in [1.165, 1.54) is 12.1 Å². The van der Waals surface area contributed by atoms with Crippen LogP contribution in [0, 0.1) is 5.82 Å². The third-order valence-corrected chi connectivity index (χ3v) is 3.79. The molecule has 20 heavy (non-hydrogen) atoms. The molecule has 1 amide bonds. The van der Waals surface area contributed by atoms with Crippen molar-refractivity contribution in [1.29, 1.82) is 0 Å². The number of carbonyl (C=O) groups excluding carboxylic acids is 1. The number of rotatable bonds is 2. The van der Waals surface area contributed by atoms with Crippen molar-refractivity contribution in [2.45, 2.75) is 12.6 Å². The highest BCUT2D eigenvalue weighted by Gasteiger charge is 2.34. The van der Waals surface area contributed by atoms with E-state index in [9.17, 15) is 9.18 Å². The molecule has 102 valence electrons. The zero-order valence-electron chi connectivity index (χ0n) is 10.5. The molecule has 0 aliphatic carbocycles. The largest absolute Gasteiger partial charge is 0.316 e. The fourth-order valence-electron chi connectivity index (χ4n) is 2.40. The van der Waals surface area contributed by atoms with Crippen LogP contribution in [0.4, 0.5) is 10.1 Å². The van der Waals surface area contributed by atoms with Crippen molar-refractivity contribution < 1.29 is 9.18 Å². The first kappa shape index (κ1) is 13.1. The number of fused-ring (bicyclic) bond motifs is 1. The Labute approximate surface area is 120 Å². The van der Waals surface area contributed by atoms with Crippen LogP contribution in [0.15, 0.2) is 42.5 Å². The molecule has 1 aliphatic heterocycles. The maximum atomic E-state index is 13.1. The summed E-state index contributed by atoms with van der Waals surface area (Å²) in [5.74, 6) is -0.574. The number of hydrogen-bond acceptors (Lipinski definition) is 2. The second kappa shape index (κ2) is 4.89. The van der Waals surface area contributed by atoms with Crippen molar-refractivity contribution in [2.24, 2.45) is 5.73 Å². The first-order chi connectivity index (χ1) is 9.58. The predicted octanol–water partition coefficient (Wildman–Crippen LogP) is 3.03. The molecule has 1 aliphatic rings. The first-order valence-electron chi connectivity index (χ1n) is 6.18. The number of amides is 1. The van der Waals surface area contributed by atoms with Crippen LogP contribution in [0.1, 0.15) is 17.2 Å². The minimum absolute atomic E-state index is 0.174. The third kappa shape index (κ3) is 2.07. The van der Waals surface area contributed by atoms with Crippen molar-refractivity contribution in [3.8, 4) is 0 Å². The lowest BCUT2D eigenvalue weighted by molar-refractivity contribution is -0.119. The molecule has 2 aromatic carbocycles. The molecule has 0 fully saturated rings. The fraction of sp³-hybridized carbons (Fsp3) is 0.133. The van der Waals surface area contributed by atoms with Crippen LogP contribution < -0.4 is 10.6 Å². The molecule has 0 radical (unpaired) electrons. The van der Waals surface area contributed by atoms with E-state index in [0.717, 1.165) is 11.3 Å². The lowest BCUT2D eigenvalue weighted by Gasteiger charge is -2.18. The van der Waals surface area contributed by atoms with Gasteiger partial charge in [-0.15, -0.1) is 0 Å². The van der Waals surface area contributed by atoms with Crippen LogP contribution in [0.5, 0.6) is 0 Å². The van der Waals surface area contributed by atoms with E-state index in [0.29, 0.717) is 10.6 Å². The van der Waals surface area contributed by atoms with Gasteiger partial charge in [-0.2, -0.15) is 0 Å². The molecule has 0 spiro atoms. The van der Waals surface area contributed by atoms with Gasteiger partial charge in [-0.25, -0.2) is 4.39 Å². The van der Waals surface area contributed by atoms with Crippen LogP contribution in [0.2, 0.25) is 5.02 Å². The molecule has 2 N–H and O–H groups in total. The predicted molar refractivity (Wildman–Crippen MR) is 76.0 cm³/mol. The van der Waals surface area contributed by atoms with Crippen LogP contribution in [-0.2, 0) is 11.3 Å². The lowest BCUT2D eigenvalue weighted by atomic mass is 10.1. The second-order valence-electron chi connectivity index (χ2n) is 4.70. The quantitative estimate of drug-likeness (QED) is 0.924. The van der Waals surface area contributed by atoms with Crippen LogP contribution in [0.3, 0.4) is 0 Å². The fourth-order valence-corrected chi connectivity index (χ4v) is 2.63. The van der Waals surface area contributed by atoms with Crippen LogP contribution in [0.25, 0.3) is 0 Å². The molecule has 5 heteroatoms. The number of hydrogen-bond donors (Lipinski definition) is 1. The number of benzene rings is 2. The van der Waals surface area contributed by atoms with E-state index in [-0.39, 0.29) is 12.5 Å². The van der Waals surface area contributed by atoms with Gasteiger partial charge >= 0.3 is 0 Å². The first-order valence-corrected chi connectivity index (χ1v) is 6.55. The van der Waals surface area contributed by atoms with E-state index in [4.69, 9.17) is 17.3 Å². The smallest absolute Gasteiger partial charge is 0.248 e. The number of halogens is 2. The maximum absolute atomic E-state index is 13.1. The van der Waals surface area contributed by atoms with E-state index in [1.807, 2.05) is 24.3 Å². The molecule has 1 atom stereocenters. The summed E-state index contributed by atoms with van der Waals surface area (Å²) < 4.78 is 13.1. The van der Waals surface area contributed by atoms with Gasteiger partial charge in [0.25, 0.3) is 0 Å². The van der Waals surface area contributed by atoms with Gasteiger partial charge in [-0.1, -0.05) is 35.9 Å². The molecule has 0 saturated heterocycles. The highest BCUT2D eigenvalue weighted by atomic mass is 35.5. The Kier molecular flexibility index (Phi) is 3.20. The molecule has 1 unspecified atom stereocenters. The number of para-hydroxylation sites is 1. The molecule has 1 heterocycles. The normalized spacial score (nSPS) is 17.4. The van der Waals surface area contributed by atoms with Crippen molar-refractivity contribution >= 4 is 23.2 Å². The molecule has 0 bridgehead atoms. The van der Waals surface area contributed by atoms with Crippen molar-refractivity contribution in [1.82, 2.24) is 0 Å². The van der Waals surface area contributed by atoms with Crippen molar-refractivity contribution in [3.63, 3.8) is 0 Å². The lowest BCUT2D eigenvalue weighted by Crippen LogP contribution is -2.31. The van der Waals surface area contributed by atoms with Gasteiger partial charge in [0.15, 0.2) is 0 Å². The third-order valence-electron chi connectivity index (χ3n) is 3.44. The minimum Gasteiger partial charge on any atom is -0.316 e. The summed E-state index contributed by atoms with van der Waals surface area (Å²) in [4.78, 5) is 13.8. The van der Waals surface area contributed by atoms with E-state index in [1.54, 1.807) is 11.0 Å². The highest BCUT2D eigenvalue weighted by Crippen LogP contribution is 2.35. The Balaban J connectivity index is 1.97. The summed E-state index contributed by atoms with van der Waals surface area (Å²) >= 11 is 6.01. The minimum atomic E-state index is -0.648. The van der Waals surface area contributed by atoms with Gasteiger partial charge in [-0.05, 0) is 23.8 Å². The van der Waals surface area contributed by atoms with Gasteiger partial charge in [0.2, 0.25) is 5.91 Å². The molecule has 0 aromatic heterocycles. The zero-order chi connectivity index (χ0) is 14.3. The van der Waals surface area contributed by atoms with Gasteiger partial charge in [0.05, 0.1) is 6.54 Å². The number of nitrogens with zero attached hydrogens (tertiary/aromatic N) is 1. The summed E-state index contributed by atoms with van der Waals surface area (Å²) in [7, 11) is 0. The topological polar surface area (TPSA) is 46.3 Å². The average Bonchev–Trinajstić information content (AvgIpc) is 2.67. The Morgan fingerprint density at radius 3 is 2.75 bits per heavy atom. The summed E-state index contributed by atoms with van der Waals surface area (Å²) in [6, 6.07) is 10.9. The molecular formula is C15H12ClFN2O. The summed E-state index contributed by atoms with van der Waals surface area (Å²) in [5.41, 5.74) is 8.18. The van der Waals surface area contributed by atoms with Crippen molar-refractivity contribution in [3.05, 3.63) is 64.4 Å². The SMILES string of the molecule is NC1C(=O)N(Cc2ccc(F)cc2Cl)c2ccccc21. The Morgan fingerprint density at radius 1 is 1.25 bits per heavy atom. The number of nitrogens with two attached hydrogens (primary N) is 1. The van der Waals surface area contributed by atoms with Gasteiger partial charge < -0.3 is 10.6 Å². The Morgan fingerprint density at radius 2 is 2.00 bits per heavy atom. The van der Waals surface area contributed by atoms with Gasteiger partial charge in [0, 0.05) is 16.3 Å². The van der Waals surface area contributed by atoms with Crippen LogP contribution >= 0.6 is 11.6 Å². The summed E-state index contributed by atoms with van der Waals surface area (Å²) in [6.07, 6.45) is 0. The van der Waals surface area contributed by atoms with E-state index in [2.05, 4.69) is 0 Å².